The Labute approximate surface area is 99.0 Å². The van der Waals surface area contributed by atoms with E-state index in [0.29, 0.717) is 6.42 Å². The van der Waals surface area contributed by atoms with Gasteiger partial charge in [-0.2, -0.15) is 0 Å². The van der Waals surface area contributed by atoms with Crippen LogP contribution in [0.15, 0.2) is 24.3 Å². The third-order valence-corrected chi connectivity index (χ3v) is 3.06. The fourth-order valence-corrected chi connectivity index (χ4v) is 1.81. The zero-order chi connectivity index (χ0) is 11.3. The van der Waals surface area contributed by atoms with Crippen LogP contribution in [0.25, 0.3) is 0 Å². The fraction of sp³-hybridized carbons (Fsp3) is 0.417. The van der Waals surface area contributed by atoms with Crippen LogP contribution < -0.4 is 5.73 Å². The number of aryl methyl sites for hydroxylation is 1. The summed E-state index contributed by atoms with van der Waals surface area (Å²) in [6, 6.07) is 8.34. The smallest absolute Gasteiger partial charge is 0.231 e. The van der Waals surface area contributed by atoms with Gasteiger partial charge in [0, 0.05) is 0 Å². The van der Waals surface area contributed by atoms with E-state index in [9.17, 15) is 4.79 Å². The molecule has 0 radical (unpaired) electrons. The first-order valence-electron chi connectivity index (χ1n) is 5.14. The van der Waals surface area contributed by atoms with Crippen molar-refractivity contribution in [3.8, 4) is 0 Å². The molecule has 1 atom stereocenters. The highest BCUT2D eigenvalue weighted by Gasteiger charge is 2.10. The van der Waals surface area contributed by atoms with E-state index in [0.717, 1.165) is 18.4 Å². The number of hydrogen-bond donors (Lipinski definition) is 1. The van der Waals surface area contributed by atoms with Gasteiger partial charge in [-0.05, 0) is 24.0 Å². The van der Waals surface area contributed by atoms with Crippen molar-refractivity contribution >= 4 is 21.8 Å². The normalized spacial score (nSPS) is 12.4. The molecule has 2 nitrogen and oxygen atoms in total. The molecule has 0 spiro atoms. The molecule has 1 rings (SSSR count). The molecule has 1 amide bonds. The minimum absolute atomic E-state index is 0.269. The topological polar surface area (TPSA) is 43.1 Å². The molecule has 2 N–H and O–H groups in total. The summed E-state index contributed by atoms with van der Waals surface area (Å²) < 4.78 is 0. The highest BCUT2D eigenvalue weighted by atomic mass is 79.9. The van der Waals surface area contributed by atoms with E-state index in [2.05, 4.69) is 47.1 Å². The molecule has 0 aliphatic heterocycles. The molecule has 0 aromatic heterocycles. The van der Waals surface area contributed by atoms with Crippen LogP contribution in [0, 0.1) is 0 Å². The van der Waals surface area contributed by atoms with Gasteiger partial charge in [0.1, 0.15) is 0 Å². The number of carbonyl (C=O) groups excluding carboxylic acids is 1. The number of hydrogen-bond acceptors (Lipinski definition) is 1. The molecule has 0 fully saturated rings. The van der Waals surface area contributed by atoms with E-state index in [-0.39, 0.29) is 10.7 Å². The summed E-state index contributed by atoms with van der Waals surface area (Å²) in [5.74, 6) is -0.312. The molecule has 1 unspecified atom stereocenters. The van der Waals surface area contributed by atoms with E-state index >= 15 is 0 Å². The van der Waals surface area contributed by atoms with Gasteiger partial charge >= 0.3 is 0 Å². The fourth-order valence-electron chi connectivity index (χ4n) is 1.44. The maximum absolute atomic E-state index is 10.8. The van der Waals surface area contributed by atoms with Crippen molar-refractivity contribution in [2.24, 2.45) is 5.73 Å². The van der Waals surface area contributed by atoms with Gasteiger partial charge in [0.25, 0.3) is 0 Å². The van der Waals surface area contributed by atoms with E-state index in [1.807, 2.05) is 0 Å². The van der Waals surface area contributed by atoms with Crippen molar-refractivity contribution in [3.05, 3.63) is 35.4 Å². The van der Waals surface area contributed by atoms with Crippen molar-refractivity contribution in [3.63, 3.8) is 0 Å². The highest BCUT2D eigenvalue weighted by Crippen LogP contribution is 2.12. The number of alkyl halides is 1. The lowest BCUT2D eigenvalue weighted by Crippen LogP contribution is -2.24. The Morgan fingerprint density at radius 3 is 2.33 bits per heavy atom. The molecule has 0 aliphatic carbocycles. The number of rotatable bonds is 5. The van der Waals surface area contributed by atoms with Gasteiger partial charge in [-0.3, -0.25) is 4.79 Å². The number of nitrogens with two attached hydrogens (primary N) is 1. The molecule has 82 valence electrons. The molecule has 1 aromatic rings. The van der Waals surface area contributed by atoms with Gasteiger partial charge in [0.2, 0.25) is 5.91 Å². The summed E-state index contributed by atoms with van der Waals surface area (Å²) in [5.41, 5.74) is 7.65. The van der Waals surface area contributed by atoms with Gasteiger partial charge in [-0.25, -0.2) is 0 Å². The zero-order valence-electron chi connectivity index (χ0n) is 8.87. The molecular weight excluding hydrogens is 254 g/mol. The Kier molecular flexibility index (Phi) is 4.82. The third-order valence-electron chi connectivity index (χ3n) is 2.29. The standard InChI is InChI=1S/C12H16BrNO/c1-2-3-9-4-6-10(7-5-9)8-11(13)12(14)15/h4-7,11H,2-3,8H2,1H3,(H2,14,15). The average Bonchev–Trinajstić information content (AvgIpc) is 2.21. The summed E-state index contributed by atoms with van der Waals surface area (Å²) in [6.07, 6.45) is 2.91. The monoisotopic (exact) mass is 269 g/mol. The van der Waals surface area contributed by atoms with Crippen LogP contribution >= 0.6 is 15.9 Å². The number of amides is 1. The second-order valence-electron chi connectivity index (χ2n) is 3.64. The Morgan fingerprint density at radius 2 is 1.87 bits per heavy atom. The predicted molar refractivity (Wildman–Crippen MR) is 66.1 cm³/mol. The van der Waals surface area contributed by atoms with Gasteiger partial charge in [0.05, 0.1) is 4.83 Å². The highest BCUT2D eigenvalue weighted by molar-refractivity contribution is 9.10. The first kappa shape index (κ1) is 12.2. The Balaban J connectivity index is 2.60. The van der Waals surface area contributed by atoms with Crippen molar-refractivity contribution in [1.29, 1.82) is 0 Å². The predicted octanol–water partition coefficient (Wildman–Crippen LogP) is 2.43. The summed E-state index contributed by atoms with van der Waals surface area (Å²) in [5, 5.41) is 0. The van der Waals surface area contributed by atoms with Crippen LogP contribution in [0.2, 0.25) is 0 Å². The molecule has 0 saturated carbocycles. The zero-order valence-corrected chi connectivity index (χ0v) is 10.5. The number of benzene rings is 1. The Morgan fingerprint density at radius 1 is 1.33 bits per heavy atom. The summed E-state index contributed by atoms with van der Waals surface area (Å²) in [4.78, 5) is 10.6. The Bertz CT molecular complexity index is 321. The van der Waals surface area contributed by atoms with E-state index in [1.54, 1.807) is 0 Å². The lowest BCUT2D eigenvalue weighted by atomic mass is 10.0. The van der Waals surface area contributed by atoms with E-state index < -0.39 is 0 Å². The first-order chi connectivity index (χ1) is 7.13. The van der Waals surface area contributed by atoms with Crippen LogP contribution in [0.4, 0.5) is 0 Å². The maximum Gasteiger partial charge on any atom is 0.231 e. The minimum atomic E-state index is -0.312. The van der Waals surface area contributed by atoms with Crippen molar-refractivity contribution in [2.45, 2.75) is 31.0 Å². The van der Waals surface area contributed by atoms with Crippen LogP contribution in [0.5, 0.6) is 0 Å². The van der Waals surface area contributed by atoms with Crippen molar-refractivity contribution < 1.29 is 4.79 Å². The number of halogens is 1. The molecule has 0 bridgehead atoms. The third kappa shape index (κ3) is 4.04. The number of primary amides is 1. The largest absolute Gasteiger partial charge is 0.369 e. The van der Waals surface area contributed by atoms with Gasteiger partial charge in [-0.15, -0.1) is 0 Å². The molecule has 0 heterocycles. The summed E-state index contributed by atoms with van der Waals surface area (Å²) >= 11 is 3.25. The van der Waals surface area contributed by atoms with E-state index in [4.69, 9.17) is 5.73 Å². The van der Waals surface area contributed by atoms with Crippen molar-refractivity contribution in [1.82, 2.24) is 0 Å². The molecule has 15 heavy (non-hydrogen) atoms. The summed E-state index contributed by atoms with van der Waals surface area (Å²) in [7, 11) is 0. The molecular formula is C12H16BrNO. The Hall–Kier alpha value is -0.830. The lowest BCUT2D eigenvalue weighted by molar-refractivity contribution is -0.117. The number of carbonyl (C=O) groups is 1. The summed E-state index contributed by atoms with van der Waals surface area (Å²) in [6.45, 7) is 2.16. The average molecular weight is 270 g/mol. The second-order valence-corrected chi connectivity index (χ2v) is 4.75. The molecule has 0 saturated heterocycles. The van der Waals surface area contributed by atoms with E-state index in [1.165, 1.54) is 5.56 Å². The SMILES string of the molecule is CCCc1ccc(CC(Br)C(N)=O)cc1. The van der Waals surface area contributed by atoms with Crippen LogP contribution in [-0.2, 0) is 17.6 Å². The second kappa shape index (κ2) is 5.91. The minimum Gasteiger partial charge on any atom is -0.369 e. The molecule has 1 aromatic carbocycles. The van der Waals surface area contributed by atoms with Crippen LogP contribution in [0.3, 0.4) is 0 Å². The van der Waals surface area contributed by atoms with Gasteiger partial charge in [-0.1, -0.05) is 53.5 Å². The molecule has 3 heteroatoms. The first-order valence-corrected chi connectivity index (χ1v) is 6.06. The van der Waals surface area contributed by atoms with Gasteiger partial charge < -0.3 is 5.73 Å². The van der Waals surface area contributed by atoms with Gasteiger partial charge in [0.15, 0.2) is 0 Å². The van der Waals surface area contributed by atoms with Crippen molar-refractivity contribution in [2.75, 3.05) is 0 Å². The van der Waals surface area contributed by atoms with Crippen LogP contribution in [-0.4, -0.2) is 10.7 Å². The quantitative estimate of drug-likeness (QED) is 0.820. The molecule has 0 aliphatic rings. The van der Waals surface area contributed by atoms with Crippen LogP contribution in [0.1, 0.15) is 24.5 Å². The lowest BCUT2D eigenvalue weighted by Gasteiger charge is -2.06. The maximum atomic E-state index is 10.8.